The first-order valence-corrected chi connectivity index (χ1v) is 13.2. The Labute approximate surface area is 224 Å². The number of benzene rings is 4. The third kappa shape index (κ3) is 5.47. The highest BCUT2D eigenvalue weighted by atomic mass is 16.2. The maximum absolute atomic E-state index is 13.4. The van der Waals surface area contributed by atoms with E-state index in [0.29, 0.717) is 5.56 Å². The van der Waals surface area contributed by atoms with Gasteiger partial charge in [-0.25, -0.2) is 0 Å². The lowest BCUT2D eigenvalue weighted by molar-refractivity contribution is 0.0659. The first kappa shape index (κ1) is 25.3. The van der Waals surface area contributed by atoms with Crippen LogP contribution in [0.3, 0.4) is 0 Å². The number of fused-ring (bicyclic) bond motifs is 1. The smallest absolute Gasteiger partial charge is 0.256 e. The molecule has 5 rings (SSSR count). The molecule has 0 saturated carbocycles. The van der Waals surface area contributed by atoms with E-state index in [1.807, 2.05) is 109 Å². The summed E-state index contributed by atoms with van der Waals surface area (Å²) in [6.45, 7) is 4.09. The van der Waals surface area contributed by atoms with E-state index in [9.17, 15) is 9.59 Å². The number of anilines is 1. The zero-order valence-electron chi connectivity index (χ0n) is 21.8. The maximum atomic E-state index is 13.4. The van der Waals surface area contributed by atoms with Gasteiger partial charge in [0.25, 0.3) is 11.8 Å². The fourth-order valence-corrected chi connectivity index (χ4v) is 5.08. The predicted molar refractivity (Wildman–Crippen MR) is 152 cm³/mol. The Kier molecular flexibility index (Phi) is 7.55. The molecule has 5 heteroatoms. The van der Waals surface area contributed by atoms with Gasteiger partial charge in [0, 0.05) is 28.4 Å². The molecule has 4 aromatic carbocycles. The topological polar surface area (TPSA) is 61.4 Å². The minimum absolute atomic E-state index is 0.0390. The van der Waals surface area contributed by atoms with Crippen LogP contribution in [0.25, 0.3) is 0 Å². The highest BCUT2D eigenvalue weighted by Gasteiger charge is 2.39. The molecule has 0 aliphatic carbocycles. The van der Waals surface area contributed by atoms with Crippen molar-refractivity contribution >= 4 is 17.5 Å². The van der Waals surface area contributed by atoms with Crippen molar-refractivity contribution in [3.05, 3.63) is 137 Å². The number of rotatable bonds is 9. The molecule has 0 fully saturated rings. The van der Waals surface area contributed by atoms with Crippen molar-refractivity contribution in [2.24, 2.45) is 0 Å². The van der Waals surface area contributed by atoms with Crippen molar-refractivity contribution in [3.8, 4) is 0 Å². The second-order valence-corrected chi connectivity index (χ2v) is 9.90. The van der Waals surface area contributed by atoms with Crippen molar-refractivity contribution in [1.29, 1.82) is 0 Å². The highest BCUT2D eigenvalue weighted by molar-refractivity contribution is 6.00. The molecule has 0 spiro atoms. The minimum atomic E-state index is -0.276. The van der Waals surface area contributed by atoms with E-state index < -0.39 is 0 Å². The molecule has 1 aliphatic heterocycles. The van der Waals surface area contributed by atoms with E-state index in [1.165, 1.54) is 5.56 Å². The molecule has 1 aliphatic rings. The first-order valence-electron chi connectivity index (χ1n) is 13.2. The molecular weight excluding hydrogens is 470 g/mol. The number of carbonyl (C=O) groups is 2. The maximum Gasteiger partial charge on any atom is 0.256 e. The van der Waals surface area contributed by atoms with E-state index in [1.54, 1.807) is 0 Å². The number of amides is 2. The molecular formula is C33H33N3O2. The fraction of sp³-hybridized carbons (Fsp3) is 0.212. The van der Waals surface area contributed by atoms with Crippen LogP contribution in [0, 0.1) is 0 Å². The van der Waals surface area contributed by atoms with Gasteiger partial charge in [0.1, 0.15) is 6.17 Å². The molecule has 0 aromatic heterocycles. The first-order chi connectivity index (χ1) is 18.5. The molecule has 0 bridgehead atoms. The second-order valence-electron chi connectivity index (χ2n) is 9.90. The second kappa shape index (κ2) is 11.3. The summed E-state index contributed by atoms with van der Waals surface area (Å²) in [5.41, 5.74) is 5.49. The summed E-state index contributed by atoms with van der Waals surface area (Å²) in [4.78, 5) is 28.2. The van der Waals surface area contributed by atoms with Crippen LogP contribution in [0.15, 0.2) is 109 Å². The normalized spacial score (nSPS) is 16.0. The van der Waals surface area contributed by atoms with Gasteiger partial charge in [-0.1, -0.05) is 78.9 Å². The number of carbonyl (C=O) groups excluding carboxylic acids is 2. The van der Waals surface area contributed by atoms with Gasteiger partial charge in [-0.05, 0) is 68.1 Å². The van der Waals surface area contributed by atoms with E-state index in [4.69, 9.17) is 0 Å². The number of hydrogen-bond acceptors (Lipinski definition) is 3. The third-order valence-corrected chi connectivity index (χ3v) is 7.26. The molecule has 192 valence electrons. The zero-order valence-corrected chi connectivity index (χ0v) is 21.8. The van der Waals surface area contributed by atoms with Gasteiger partial charge in [0.05, 0.1) is 6.04 Å². The van der Waals surface area contributed by atoms with Crippen LogP contribution in [0.5, 0.6) is 0 Å². The van der Waals surface area contributed by atoms with Gasteiger partial charge in [0.2, 0.25) is 0 Å². The number of nitrogens with one attached hydrogen (secondary N) is 2. The summed E-state index contributed by atoms with van der Waals surface area (Å²) >= 11 is 0. The summed E-state index contributed by atoms with van der Waals surface area (Å²) in [5.74, 6) is -0.0741. The summed E-state index contributed by atoms with van der Waals surface area (Å²) in [5, 5.41) is 6.62. The standard InChI is InChI=1S/C33H33N3O2/c1-23(17-18-25-11-5-3-6-12-25)36-31(29-15-9-10-16-30(29)33(36)38)35-28-21-19-27(20-22-28)32(37)34-24(2)26-13-7-4-8-14-26/h3-16,19-24,31,35H,17-18H2,1-2H3,(H,34,37). The Balaban J connectivity index is 1.30. The van der Waals surface area contributed by atoms with E-state index in [0.717, 1.165) is 35.2 Å². The lowest BCUT2D eigenvalue weighted by atomic mass is 10.0. The van der Waals surface area contributed by atoms with Crippen LogP contribution in [0.4, 0.5) is 5.69 Å². The molecule has 4 aromatic rings. The molecule has 1 heterocycles. The average molecular weight is 504 g/mol. The van der Waals surface area contributed by atoms with E-state index in [-0.39, 0.29) is 30.1 Å². The quantitative estimate of drug-likeness (QED) is 0.265. The molecule has 0 radical (unpaired) electrons. The van der Waals surface area contributed by atoms with Gasteiger partial charge >= 0.3 is 0 Å². The fourth-order valence-electron chi connectivity index (χ4n) is 5.08. The Morgan fingerprint density at radius 1 is 0.816 bits per heavy atom. The van der Waals surface area contributed by atoms with Crippen LogP contribution in [-0.4, -0.2) is 22.8 Å². The van der Waals surface area contributed by atoms with Gasteiger partial charge in [0.15, 0.2) is 0 Å². The predicted octanol–water partition coefficient (Wildman–Crippen LogP) is 6.77. The molecule has 3 unspecified atom stereocenters. The Bertz CT molecular complexity index is 1390. The average Bonchev–Trinajstić information content (AvgIpc) is 3.24. The van der Waals surface area contributed by atoms with Crippen molar-refractivity contribution in [2.45, 2.75) is 44.9 Å². The summed E-state index contributed by atoms with van der Waals surface area (Å²) in [6, 6.07) is 35.5. The Morgan fingerprint density at radius 3 is 2.16 bits per heavy atom. The Hall–Kier alpha value is -4.38. The lowest BCUT2D eigenvalue weighted by Gasteiger charge is -2.32. The van der Waals surface area contributed by atoms with Crippen LogP contribution in [0.1, 0.15) is 69.9 Å². The number of aryl methyl sites for hydroxylation is 1. The van der Waals surface area contributed by atoms with E-state index >= 15 is 0 Å². The van der Waals surface area contributed by atoms with Gasteiger partial charge in [-0.2, -0.15) is 0 Å². The van der Waals surface area contributed by atoms with Crippen LogP contribution >= 0.6 is 0 Å². The monoisotopic (exact) mass is 503 g/mol. The zero-order chi connectivity index (χ0) is 26.5. The minimum Gasteiger partial charge on any atom is -0.361 e. The lowest BCUT2D eigenvalue weighted by Crippen LogP contribution is -2.39. The third-order valence-electron chi connectivity index (χ3n) is 7.26. The molecule has 5 nitrogen and oxygen atoms in total. The molecule has 3 atom stereocenters. The summed E-state index contributed by atoms with van der Waals surface area (Å²) in [7, 11) is 0. The van der Waals surface area contributed by atoms with Crippen LogP contribution < -0.4 is 10.6 Å². The Morgan fingerprint density at radius 2 is 1.45 bits per heavy atom. The van der Waals surface area contributed by atoms with Crippen molar-refractivity contribution in [2.75, 3.05) is 5.32 Å². The van der Waals surface area contributed by atoms with Gasteiger partial charge in [-0.3, -0.25) is 9.59 Å². The molecule has 38 heavy (non-hydrogen) atoms. The van der Waals surface area contributed by atoms with Crippen LogP contribution in [0.2, 0.25) is 0 Å². The van der Waals surface area contributed by atoms with Gasteiger partial charge in [-0.15, -0.1) is 0 Å². The van der Waals surface area contributed by atoms with Crippen molar-refractivity contribution < 1.29 is 9.59 Å². The summed E-state index contributed by atoms with van der Waals surface area (Å²) in [6.07, 6.45) is 1.49. The van der Waals surface area contributed by atoms with Crippen molar-refractivity contribution in [1.82, 2.24) is 10.2 Å². The molecule has 2 amide bonds. The van der Waals surface area contributed by atoms with Gasteiger partial charge < -0.3 is 15.5 Å². The molecule has 0 saturated heterocycles. The number of nitrogens with zero attached hydrogens (tertiary/aromatic N) is 1. The number of hydrogen-bond donors (Lipinski definition) is 2. The SMILES string of the molecule is CC(NC(=O)c1ccc(NC2c3ccccc3C(=O)N2C(C)CCc2ccccc2)cc1)c1ccccc1. The largest absolute Gasteiger partial charge is 0.361 e. The van der Waals surface area contributed by atoms with E-state index in [2.05, 4.69) is 29.7 Å². The van der Waals surface area contributed by atoms with Crippen LogP contribution in [-0.2, 0) is 6.42 Å². The summed E-state index contributed by atoms with van der Waals surface area (Å²) < 4.78 is 0. The van der Waals surface area contributed by atoms with Crippen molar-refractivity contribution in [3.63, 3.8) is 0 Å². The highest BCUT2D eigenvalue weighted by Crippen LogP contribution is 2.36. The molecule has 2 N–H and O–H groups in total.